The van der Waals surface area contributed by atoms with Gasteiger partial charge in [0.15, 0.2) is 21.5 Å². The highest BCUT2D eigenvalue weighted by Crippen LogP contribution is 2.24. The predicted molar refractivity (Wildman–Crippen MR) is 114 cm³/mol. The number of sulfone groups is 1. The maximum absolute atomic E-state index is 13.7. The number of amides is 1. The van der Waals surface area contributed by atoms with Gasteiger partial charge in [-0.2, -0.15) is 0 Å². The average Bonchev–Trinajstić information content (AvgIpc) is 2.67. The Balaban J connectivity index is 2.30. The van der Waals surface area contributed by atoms with E-state index in [0.29, 0.717) is 22.4 Å². The smallest absolute Gasteiger partial charge is 0.244 e. The Morgan fingerprint density at radius 3 is 2.03 bits per heavy atom. The summed E-state index contributed by atoms with van der Waals surface area (Å²) in [6, 6.07) is 6.77. The first kappa shape index (κ1) is 24.7. The van der Waals surface area contributed by atoms with Gasteiger partial charge in [0.2, 0.25) is 15.9 Å². The third-order valence-corrected chi connectivity index (χ3v) is 7.05. The van der Waals surface area contributed by atoms with Crippen LogP contribution in [0.4, 0.5) is 14.5 Å². The number of anilines is 1. The van der Waals surface area contributed by atoms with E-state index >= 15 is 0 Å². The first-order chi connectivity index (χ1) is 14.3. The number of carbonyl (C=O) groups excluding carboxylic acids is 1. The van der Waals surface area contributed by atoms with Crippen LogP contribution in [-0.2, 0) is 24.7 Å². The van der Waals surface area contributed by atoms with Crippen LogP contribution in [0.2, 0.25) is 0 Å². The van der Waals surface area contributed by atoms with Gasteiger partial charge in [0.1, 0.15) is 6.04 Å². The van der Waals surface area contributed by atoms with E-state index in [4.69, 9.17) is 0 Å². The van der Waals surface area contributed by atoms with Crippen molar-refractivity contribution in [1.29, 1.82) is 0 Å². The molecule has 0 aliphatic heterocycles. The molecule has 170 valence electrons. The molecule has 11 heteroatoms. The second kappa shape index (κ2) is 9.31. The molecule has 0 heterocycles. The molecule has 0 aliphatic rings. The van der Waals surface area contributed by atoms with Crippen LogP contribution in [0.3, 0.4) is 0 Å². The molecule has 0 unspecified atom stereocenters. The van der Waals surface area contributed by atoms with E-state index in [1.807, 2.05) is 0 Å². The minimum absolute atomic E-state index is 0.132. The first-order valence-corrected chi connectivity index (χ1v) is 13.0. The lowest BCUT2D eigenvalue weighted by Gasteiger charge is -2.30. The maximum Gasteiger partial charge on any atom is 0.244 e. The Morgan fingerprint density at radius 1 is 1.00 bits per heavy atom. The molecule has 31 heavy (non-hydrogen) atoms. The monoisotopic (exact) mass is 474 g/mol. The van der Waals surface area contributed by atoms with Crippen molar-refractivity contribution in [3.63, 3.8) is 0 Å². The number of halogens is 2. The zero-order chi connectivity index (χ0) is 23.6. The van der Waals surface area contributed by atoms with Crippen molar-refractivity contribution in [2.75, 3.05) is 16.8 Å². The molecule has 0 saturated heterocycles. The lowest BCUT2D eigenvalue weighted by Crippen LogP contribution is -2.48. The molecule has 2 aromatic rings. The van der Waals surface area contributed by atoms with Gasteiger partial charge in [-0.05, 0) is 43.2 Å². The molecule has 1 amide bonds. The summed E-state index contributed by atoms with van der Waals surface area (Å²) in [5, 5.41) is 2.73. The molecule has 2 aromatic carbocycles. The molecule has 0 spiro atoms. The maximum atomic E-state index is 13.7. The van der Waals surface area contributed by atoms with E-state index < -0.39 is 49.5 Å². The highest BCUT2D eigenvalue weighted by Gasteiger charge is 2.31. The third-order valence-electron chi connectivity index (χ3n) is 4.68. The molecule has 2 rings (SSSR count). The number of hydrogen-bond donors (Lipinski definition) is 1. The van der Waals surface area contributed by atoms with Crippen molar-refractivity contribution >= 4 is 31.5 Å². The molecular formula is C20H24F2N2O5S2. The molecule has 0 aliphatic carbocycles. The summed E-state index contributed by atoms with van der Waals surface area (Å²) in [4.78, 5) is 13.0. The quantitative estimate of drug-likeness (QED) is 0.634. The number of hydrogen-bond acceptors (Lipinski definition) is 5. The highest BCUT2D eigenvalue weighted by atomic mass is 32.2. The van der Waals surface area contributed by atoms with Gasteiger partial charge in [-0.25, -0.2) is 25.6 Å². The summed E-state index contributed by atoms with van der Waals surface area (Å²) in [6.45, 7) is 3.13. The van der Waals surface area contributed by atoms with E-state index in [1.165, 1.54) is 19.1 Å². The van der Waals surface area contributed by atoms with Gasteiger partial charge >= 0.3 is 0 Å². The average molecular weight is 475 g/mol. The lowest BCUT2D eigenvalue weighted by atomic mass is 10.0. The summed E-state index contributed by atoms with van der Waals surface area (Å²) in [7, 11) is -7.38. The van der Waals surface area contributed by atoms with Crippen LogP contribution < -0.4 is 9.62 Å². The van der Waals surface area contributed by atoms with Gasteiger partial charge in [0, 0.05) is 12.3 Å². The van der Waals surface area contributed by atoms with Gasteiger partial charge < -0.3 is 5.32 Å². The van der Waals surface area contributed by atoms with Gasteiger partial charge in [-0.15, -0.1) is 0 Å². The van der Waals surface area contributed by atoms with E-state index in [9.17, 15) is 30.4 Å². The Morgan fingerprint density at radius 2 is 1.58 bits per heavy atom. The van der Waals surface area contributed by atoms with Crippen LogP contribution in [0.5, 0.6) is 0 Å². The summed E-state index contributed by atoms with van der Waals surface area (Å²) < 4.78 is 75.5. The molecule has 0 saturated carbocycles. The fourth-order valence-corrected chi connectivity index (χ4v) is 4.89. The molecule has 7 nitrogen and oxygen atoms in total. The van der Waals surface area contributed by atoms with Crippen molar-refractivity contribution in [3.05, 3.63) is 59.7 Å². The molecule has 0 aromatic heterocycles. The topological polar surface area (TPSA) is 101 Å². The van der Waals surface area contributed by atoms with E-state index in [0.717, 1.165) is 24.6 Å². The SMILES string of the molecule is CC[C@@H](NC(=O)[C@H](C)N(c1ccc(F)c(F)c1)S(C)(=O)=O)c1ccc(S(C)(=O)=O)cc1. The van der Waals surface area contributed by atoms with E-state index in [2.05, 4.69) is 5.32 Å². The minimum atomic E-state index is -4.00. The number of carbonyl (C=O) groups is 1. The zero-order valence-corrected chi connectivity index (χ0v) is 19.1. The largest absolute Gasteiger partial charge is 0.347 e. The van der Waals surface area contributed by atoms with Gasteiger partial charge in [0.05, 0.1) is 22.9 Å². The van der Waals surface area contributed by atoms with E-state index in [-0.39, 0.29) is 10.6 Å². The second-order valence-electron chi connectivity index (χ2n) is 7.14. The number of benzene rings is 2. The van der Waals surface area contributed by atoms with Crippen LogP contribution in [0.15, 0.2) is 47.4 Å². The Kier molecular flexibility index (Phi) is 7.43. The summed E-state index contributed by atoms with van der Waals surface area (Å²) >= 11 is 0. The van der Waals surface area contributed by atoms with Crippen LogP contribution in [-0.4, -0.2) is 41.3 Å². The Hall–Kier alpha value is -2.53. The predicted octanol–water partition coefficient (Wildman–Crippen LogP) is 2.79. The third kappa shape index (κ3) is 6.01. The zero-order valence-electron chi connectivity index (χ0n) is 17.5. The minimum Gasteiger partial charge on any atom is -0.347 e. The second-order valence-corrected chi connectivity index (χ2v) is 11.0. The number of nitrogens with zero attached hydrogens (tertiary/aromatic N) is 1. The van der Waals surface area contributed by atoms with Crippen LogP contribution >= 0.6 is 0 Å². The number of sulfonamides is 1. The van der Waals surface area contributed by atoms with Crippen molar-refractivity contribution in [3.8, 4) is 0 Å². The fraction of sp³-hybridized carbons (Fsp3) is 0.350. The Labute approximate surface area is 181 Å². The van der Waals surface area contributed by atoms with E-state index in [1.54, 1.807) is 19.1 Å². The fourth-order valence-electron chi connectivity index (χ4n) is 3.09. The lowest BCUT2D eigenvalue weighted by molar-refractivity contribution is -0.122. The molecule has 0 fully saturated rings. The van der Waals surface area contributed by atoms with Crippen molar-refractivity contribution in [2.45, 2.75) is 37.2 Å². The standard InChI is InChI=1S/C20H24F2N2O5S2/c1-5-19(14-6-9-16(10-7-14)30(3,26)27)23-20(25)13(2)24(31(4,28)29)15-8-11-17(21)18(22)12-15/h6-13,19H,5H2,1-4H3,(H,23,25)/t13-,19+/m0/s1. The van der Waals surface area contributed by atoms with Crippen molar-refractivity contribution in [2.24, 2.45) is 0 Å². The molecular weight excluding hydrogens is 450 g/mol. The molecule has 0 radical (unpaired) electrons. The highest BCUT2D eigenvalue weighted by molar-refractivity contribution is 7.92. The van der Waals surface area contributed by atoms with Crippen LogP contribution in [0.1, 0.15) is 31.9 Å². The molecule has 1 N–H and O–H groups in total. The molecule has 0 bridgehead atoms. The summed E-state index contributed by atoms with van der Waals surface area (Å²) in [5.41, 5.74) is 0.448. The summed E-state index contributed by atoms with van der Waals surface area (Å²) in [5.74, 6) is -3.04. The first-order valence-electron chi connectivity index (χ1n) is 9.30. The summed E-state index contributed by atoms with van der Waals surface area (Å²) in [6.07, 6.45) is 2.39. The number of nitrogens with one attached hydrogen (secondary N) is 1. The normalized spacial score (nSPS) is 14.0. The van der Waals surface area contributed by atoms with Crippen LogP contribution in [0.25, 0.3) is 0 Å². The molecule has 2 atom stereocenters. The van der Waals surface area contributed by atoms with Crippen molar-refractivity contribution < 1.29 is 30.4 Å². The number of rotatable bonds is 8. The van der Waals surface area contributed by atoms with Crippen LogP contribution in [0, 0.1) is 11.6 Å². The van der Waals surface area contributed by atoms with Gasteiger partial charge in [-0.3, -0.25) is 9.10 Å². The van der Waals surface area contributed by atoms with Crippen molar-refractivity contribution in [1.82, 2.24) is 5.32 Å². The van der Waals surface area contributed by atoms with Gasteiger partial charge in [0.25, 0.3) is 0 Å². The van der Waals surface area contributed by atoms with Gasteiger partial charge in [-0.1, -0.05) is 19.1 Å². The Bertz CT molecular complexity index is 1170.